The van der Waals surface area contributed by atoms with Crippen molar-refractivity contribution in [3.05, 3.63) is 76.6 Å². The van der Waals surface area contributed by atoms with Gasteiger partial charge in [0.1, 0.15) is 0 Å². The Morgan fingerprint density at radius 2 is 0.348 bits per heavy atom. The Morgan fingerprint density at radius 3 is 0.348 bits per heavy atom. The molecule has 0 saturated carbocycles. The van der Waals surface area contributed by atoms with Crippen molar-refractivity contribution in [2.45, 2.75) is 0 Å². The first-order valence-corrected chi connectivity index (χ1v) is 2.74. The molecule has 23 heavy (non-hydrogen) atoms. The fourth-order valence-corrected chi connectivity index (χ4v) is 0. The Balaban J connectivity index is -0.0000000197. The maximum atomic E-state index is 8.25. The number of hydrogen-bond donors (Lipinski definition) is 2. The van der Waals surface area contributed by atoms with Crippen molar-refractivity contribution >= 4 is 0 Å². The van der Waals surface area contributed by atoms with Crippen LogP contribution in [0.3, 0.4) is 0 Å². The fraction of sp³-hybridized carbons (Fsp3) is 0. The molecule has 0 amide bonds. The molecule has 0 saturated heterocycles. The molecule has 0 heterocycles. The number of nitrogens with zero attached hydrogens (tertiary/aromatic N) is 5. The van der Waals surface area contributed by atoms with E-state index in [1.165, 1.54) is 0 Å². The van der Waals surface area contributed by atoms with Crippen molar-refractivity contribution in [3.8, 4) is 0 Å². The van der Waals surface area contributed by atoms with Crippen molar-refractivity contribution in [1.29, 1.82) is 0 Å². The molecule has 22 nitrogen and oxygen atoms in total. The first kappa shape index (κ1) is 50.0. The van der Waals surface area contributed by atoms with Crippen LogP contribution in [0.2, 0.25) is 0 Å². The van der Waals surface area contributed by atoms with E-state index in [-0.39, 0.29) is 50.5 Å². The Hall–Kier alpha value is -2.81. The van der Waals surface area contributed by atoms with Crippen LogP contribution in [0.4, 0.5) is 0 Å². The predicted molar refractivity (Wildman–Crippen MR) is 63.8 cm³/mol. The molecule has 23 heteroatoms. The minimum atomic E-state index is -1.75. The summed E-state index contributed by atoms with van der Waals surface area (Å²) in [4.78, 5) is 41.2. The molecule has 0 bridgehead atoms. The second-order valence-corrected chi connectivity index (χ2v) is 1.12. The van der Waals surface area contributed by atoms with E-state index in [4.69, 9.17) is 76.6 Å². The van der Waals surface area contributed by atoms with Crippen LogP contribution in [-0.2, 0) is 0 Å². The predicted octanol–water partition coefficient (Wildman–Crippen LogP) is -0.443. The van der Waals surface area contributed by atoms with Crippen LogP contribution in [0.25, 0.3) is 0 Å². The fourth-order valence-electron chi connectivity index (χ4n) is 0. The third kappa shape index (κ3) is 720. The van der Waals surface area contributed by atoms with Gasteiger partial charge in [0.25, 0.3) is 0 Å². The van der Waals surface area contributed by atoms with Gasteiger partial charge >= 0.3 is 38.2 Å². The summed E-state index contributed by atoms with van der Waals surface area (Å²) < 4.78 is 0. The summed E-state index contributed by atoms with van der Waals surface area (Å²) >= 11 is 0. The van der Waals surface area contributed by atoms with Gasteiger partial charge in [-0.1, -0.05) is 0 Å². The van der Waals surface area contributed by atoms with Crippen molar-refractivity contribution in [1.82, 2.24) is 12.3 Å². The smallest absolute Gasteiger partial charge is 0.369 e. The summed E-state index contributed by atoms with van der Waals surface area (Å²) in [5, 5.41) is 73.8. The van der Waals surface area contributed by atoms with Gasteiger partial charge in [0, 0.05) is 0 Å². The van der Waals surface area contributed by atoms with Crippen LogP contribution >= 0.6 is 0 Å². The molecule has 8 N–H and O–H groups in total. The van der Waals surface area contributed by atoms with Gasteiger partial charge in [0.2, 0.25) is 0 Å². The van der Waals surface area contributed by atoms with Crippen molar-refractivity contribution < 1.29 is 63.6 Å². The van der Waals surface area contributed by atoms with Gasteiger partial charge in [-0.25, -0.2) is 0 Å². The Morgan fingerprint density at radius 1 is 0.348 bits per heavy atom. The van der Waals surface area contributed by atoms with Gasteiger partial charge in [0.15, 0.2) is 0 Å². The maximum Gasteiger partial charge on any atom is 3.00 e. The van der Waals surface area contributed by atoms with Crippen LogP contribution in [0.5, 0.6) is 0 Å². The van der Waals surface area contributed by atoms with Gasteiger partial charge in [-0.05, 0) is 0 Å². The Labute approximate surface area is 152 Å². The molecular weight excluding hydrogens is 501 g/mol. The molecule has 0 aromatic rings. The van der Waals surface area contributed by atoms with E-state index in [1.54, 1.807) is 0 Å². The van der Waals surface area contributed by atoms with Crippen LogP contribution in [0.1, 0.15) is 0 Å². The SMILES string of the molecule is O=[N+]([O-])[O-].O=[N+]([O-])[O-].O=[N+]([O-])[O-].O=[N+]([O-])[O-].O=[N+]([O-])[O-].[Dy+3].[NH4+].[NH4+]. The third-order valence-electron chi connectivity index (χ3n) is 0. The topological polar surface area (TPSA) is 404 Å². The van der Waals surface area contributed by atoms with Gasteiger partial charge in [0.05, 0.1) is 25.4 Å². The number of hydrogen-bond acceptors (Lipinski definition) is 15. The van der Waals surface area contributed by atoms with Gasteiger partial charge in [-0.15, -0.1) is 0 Å². The summed E-state index contributed by atoms with van der Waals surface area (Å²) in [6, 6.07) is 0. The Bertz CT molecular complexity index is 211. The van der Waals surface area contributed by atoms with Gasteiger partial charge in [-0.2, -0.15) is 0 Å². The number of rotatable bonds is 0. The summed E-state index contributed by atoms with van der Waals surface area (Å²) in [6.45, 7) is 0. The zero-order valence-corrected chi connectivity index (χ0v) is 12.7. The largest absolute Gasteiger partial charge is 3.00 e. The minimum absolute atomic E-state index is 0. The molecule has 0 spiro atoms. The zero-order chi connectivity index (χ0) is 17.9. The van der Waals surface area contributed by atoms with E-state index in [0.29, 0.717) is 0 Å². The molecule has 143 valence electrons. The van der Waals surface area contributed by atoms with Crippen LogP contribution in [-0.4, -0.2) is 25.4 Å². The van der Waals surface area contributed by atoms with E-state index in [9.17, 15) is 0 Å². The van der Waals surface area contributed by atoms with Crippen molar-refractivity contribution in [2.75, 3.05) is 0 Å². The first-order chi connectivity index (χ1) is 8.66. The molecule has 0 aliphatic carbocycles. The molecule has 0 atom stereocenters. The average Bonchev–Trinajstić information content (AvgIpc) is 1.94. The molecule has 0 fully saturated rings. The van der Waals surface area contributed by atoms with Crippen LogP contribution in [0.15, 0.2) is 0 Å². The van der Waals surface area contributed by atoms with E-state index in [0.717, 1.165) is 0 Å². The molecule has 0 aliphatic heterocycles. The molecule has 0 aliphatic rings. The second-order valence-electron chi connectivity index (χ2n) is 1.12. The first-order valence-electron chi connectivity index (χ1n) is 2.74. The monoisotopic (exact) mass is 510 g/mol. The quantitative estimate of drug-likeness (QED) is 0.309. The summed E-state index contributed by atoms with van der Waals surface area (Å²) in [7, 11) is 0. The van der Waals surface area contributed by atoms with Crippen LogP contribution < -0.4 is 12.3 Å². The molecule has 0 aromatic heterocycles. The van der Waals surface area contributed by atoms with E-state index in [2.05, 4.69) is 0 Å². The Kier molecular flexibility index (Phi) is 93.0. The summed E-state index contributed by atoms with van der Waals surface area (Å²) in [5.41, 5.74) is 0. The van der Waals surface area contributed by atoms with E-state index in [1.807, 2.05) is 0 Å². The van der Waals surface area contributed by atoms with E-state index >= 15 is 0 Å². The molecule has 0 rings (SSSR count). The average molecular weight is 509 g/mol. The minimum Gasteiger partial charge on any atom is -0.369 e. The molecular formula is H8DyN7O15. The van der Waals surface area contributed by atoms with Gasteiger partial charge in [-0.3, -0.25) is 0 Å². The van der Waals surface area contributed by atoms with Gasteiger partial charge < -0.3 is 88.9 Å². The van der Waals surface area contributed by atoms with Crippen molar-refractivity contribution in [3.63, 3.8) is 0 Å². The number of quaternary nitrogens is 2. The third-order valence-corrected chi connectivity index (χ3v) is 0. The van der Waals surface area contributed by atoms with Crippen LogP contribution in [0, 0.1) is 115 Å². The maximum absolute atomic E-state index is 8.25. The second kappa shape index (κ2) is 42.7. The molecule has 0 aromatic carbocycles. The molecule has 0 unspecified atom stereocenters. The molecule has 1 radical (unpaired) electrons. The summed E-state index contributed by atoms with van der Waals surface area (Å²) in [5.74, 6) is 0. The van der Waals surface area contributed by atoms with Crippen molar-refractivity contribution in [2.24, 2.45) is 0 Å². The summed E-state index contributed by atoms with van der Waals surface area (Å²) in [6.07, 6.45) is 0. The normalized spacial score (nSPS) is 5.22. The standard InChI is InChI=1S/Dy.5NO3.2H3N/c;5*2-1(3)4;;/h;;;;;;2*1H3/q+3;5*-1;;/p+2. The van der Waals surface area contributed by atoms with E-state index < -0.39 is 25.4 Å². The zero-order valence-electron chi connectivity index (χ0n) is 10.7.